The van der Waals surface area contributed by atoms with Gasteiger partial charge in [0, 0.05) is 30.4 Å². The predicted molar refractivity (Wildman–Crippen MR) is 117 cm³/mol. The number of nitrogens with zero attached hydrogens (tertiary/aromatic N) is 2. The Bertz CT molecular complexity index is 1210. The van der Waals surface area contributed by atoms with Gasteiger partial charge in [-0.25, -0.2) is 4.79 Å². The number of fused-ring (bicyclic) bond motifs is 1. The minimum absolute atomic E-state index is 0.0310. The Morgan fingerprint density at radius 3 is 2.57 bits per heavy atom. The Kier molecular flexibility index (Phi) is 5.19. The number of benzene rings is 2. The molecule has 1 aromatic heterocycles. The smallest absolute Gasteiger partial charge is 0.323 e. The quantitative estimate of drug-likeness (QED) is 0.286. The lowest BCUT2D eigenvalue weighted by Gasteiger charge is -2.18. The number of anilines is 2. The summed E-state index contributed by atoms with van der Waals surface area (Å²) in [5.74, 6) is -0.556. The minimum Gasteiger partial charge on any atom is -0.366 e. The Hall–Kier alpha value is -3.73. The predicted octanol–water partition coefficient (Wildman–Crippen LogP) is 2.49. The van der Waals surface area contributed by atoms with Crippen LogP contribution in [0.4, 0.5) is 17.1 Å². The molecule has 11 heteroatoms. The summed E-state index contributed by atoms with van der Waals surface area (Å²) >= 11 is 5.17. The summed E-state index contributed by atoms with van der Waals surface area (Å²) < 4.78 is 0. The van der Waals surface area contributed by atoms with E-state index in [9.17, 15) is 19.7 Å². The second-order valence-corrected chi connectivity index (χ2v) is 7.31. The highest BCUT2D eigenvalue weighted by molar-refractivity contribution is 7.80. The molecule has 0 bridgehead atoms. The van der Waals surface area contributed by atoms with Gasteiger partial charge in [0.05, 0.1) is 16.0 Å². The van der Waals surface area contributed by atoms with E-state index in [1.165, 1.54) is 6.07 Å². The molecule has 1 saturated heterocycles. The molecule has 0 saturated carbocycles. The van der Waals surface area contributed by atoms with Gasteiger partial charge in [-0.2, -0.15) is 0 Å². The zero-order chi connectivity index (χ0) is 21.3. The number of H-pyrrole nitrogens is 2. The SMILES string of the molecule is O=C(NC(=S)Nc1ccc2[nH]c(=O)[nH]c2c1)c1ccc(N2CCCC2)c([N+](=O)[O-])c1. The molecule has 0 aliphatic carbocycles. The van der Waals surface area contributed by atoms with Gasteiger partial charge in [-0.3, -0.25) is 20.2 Å². The number of nitro benzene ring substituents is 1. The molecule has 1 aliphatic rings. The number of rotatable bonds is 4. The van der Waals surface area contributed by atoms with Crippen LogP contribution < -0.4 is 21.2 Å². The van der Waals surface area contributed by atoms with Gasteiger partial charge in [0.2, 0.25) is 0 Å². The number of amides is 1. The van der Waals surface area contributed by atoms with E-state index >= 15 is 0 Å². The molecule has 154 valence electrons. The third kappa shape index (κ3) is 4.01. The van der Waals surface area contributed by atoms with Crippen LogP contribution in [-0.4, -0.2) is 39.0 Å². The van der Waals surface area contributed by atoms with E-state index in [0.717, 1.165) is 25.9 Å². The number of carbonyl (C=O) groups is 1. The van der Waals surface area contributed by atoms with Crippen molar-refractivity contribution in [3.63, 3.8) is 0 Å². The van der Waals surface area contributed by atoms with Crippen molar-refractivity contribution < 1.29 is 9.72 Å². The third-order valence-corrected chi connectivity index (χ3v) is 5.09. The normalized spacial score (nSPS) is 13.4. The fraction of sp³-hybridized carbons (Fsp3) is 0.211. The van der Waals surface area contributed by atoms with E-state index in [0.29, 0.717) is 22.4 Å². The van der Waals surface area contributed by atoms with E-state index < -0.39 is 10.8 Å². The van der Waals surface area contributed by atoms with Crippen LogP contribution >= 0.6 is 12.2 Å². The molecule has 0 atom stereocenters. The highest BCUT2D eigenvalue weighted by Crippen LogP contribution is 2.31. The monoisotopic (exact) mass is 426 g/mol. The van der Waals surface area contributed by atoms with Crippen LogP contribution in [-0.2, 0) is 0 Å². The van der Waals surface area contributed by atoms with E-state index in [4.69, 9.17) is 12.2 Å². The molecule has 3 aromatic rings. The zero-order valence-electron chi connectivity index (χ0n) is 15.7. The van der Waals surface area contributed by atoms with E-state index in [2.05, 4.69) is 20.6 Å². The van der Waals surface area contributed by atoms with Crippen LogP contribution in [0, 0.1) is 10.1 Å². The molecule has 1 fully saturated rings. The van der Waals surface area contributed by atoms with Gasteiger partial charge in [0.15, 0.2) is 5.11 Å². The number of carbonyl (C=O) groups excluding carboxylic acids is 1. The molecule has 1 amide bonds. The summed E-state index contributed by atoms with van der Waals surface area (Å²) in [5, 5.41) is 16.9. The van der Waals surface area contributed by atoms with E-state index in [1.807, 2.05) is 4.90 Å². The molecule has 4 rings (SSSR count). The highest BCUT2D eigenvalue weighted by atomic mass is 32.1. The van der Waals surface area contributed by atoms with Crippen LogP contribution in [0.2, 0.25) is 0 Å². The first-order chi connectivity index (χ1) is 14.4. The van der Waals surface area contributed by atoms with Crippen LogP contribution in [0.1, 0.15) is 23.2 Å². The van der Waals surface area contributed by atoms with Gasteiger partial charge in [-0.1, -0.05) is 0 Å². The molecule has 4 N–H and O–H groups in total. The van der Waals surface area contributed by atoms with Gasteiger partial charge in [-0.05, 0) is 55.4 Å². The van der Waals surface area contributed by atoms with Crippen LogP contribution in [0.15, 0.2) is 41.2 Å². The number of nitrogens with one attached hydrogen (secondary N) is 4. The number of thiocarbonyl (C=S) groups is 1. The van der Waals surface area contributed by atoms with E-state index in [1.54, 1.807) is 30.3 Å². The first-order valence-corrected chi connectivity index (χ1v) is 9.69. The summed E-state index contributed by atoms with van der Waals surface area (Å²) in [6.07, 6.45) is 1.98. The number of aromatic nitrogens is 2. The second kappa shape index (κ2) is 7.95. The number of hydrogen-bond acceptors (Lipinski definition) is 6. The lowest BCUT2D eigenvalue weighted by Crippen LogP contribution is -2.34. The first-order valence-electron chi connectivity index (χ1n) is 9.28. The van der Waals surface area contributed by atoms with Crippen molar-refractivity contribution in [2.24, 2.45) is 0 Å². The van der Waals surface area contributed by atoms with E-state index in [-0.39, 0.29) is 22.1 Å². The van der Waals surface area contributed by atoms with Crippen molar-refractivity contribution >= 4 is 51.3 Å². The highest BCUT2D eigenvalue weighted by Gasteiger charge is 2.24. The number of aromatic amines is 2. The largest absolute Gasteiger partial charge is 0.366 e. The van der Waals surface area contributed by atoms with Crippen molar-refractivity contribution in [3.8, 4) is 0 Å². The average Bonchev–Trinajstić information content (AvgIpc) is 3.35. The molecular formula is C19H18N6O4S. The third-order valence-electron chi connectivity index (χ3n) is 4.88. The van der Waals surface area contributed by atoms with Gasteiger partial charge in [0.25, 0.3) is 11.6 Å². The summed E-state index contributed by atoms with van der Waals surface area (Å²) in [6, 6.07) is 9.48. The Morgan fingerprint density at radius 1 is 1.10 bits per heavy atom. The summed E-state index contributed by atoms with van der Waals surface area (Å²) in [5.41, 5.74) is 2.03. The molecule has 30 heavy (non-hydrogen) atoms. The maximum atomic E-state index is 12.5. The number of imidazole rings is 1. The lowest BCUT2D eigenvalue weighted by molar-refractivity contribution is -0.384. The molecule has 0 radical (unpaired) electrons. The summed E-state index contributed by atoms with van der Waals surface area (Å²) in [6.45, 7) is 1.52. The van der Waals surface area contributed by atoms with Crippen molar-refractivity contribution in [3.05, 3.63) is 62.6 Å². The molecule has 0 spiro atoms. The molecule has 2 aromatic carbocycles. The Balaban J connectivity index is 1.48. The van der Waals surface area contributed by atoms with Crippen LogP contribution in [0.3, 0.4) is 0 Å². The fourth-order valence-corrected chi connectivity index (χ4v) is 3.69. The first kappa shape index (κ1) is 19.6. The Labute approximate surface area is 175 Å². The van der Waals surface area contributed by atoms with Crippen molar-refractivity contribution in [2.75, 3.05) is 23.3 Å². The molecule has 0 unspecified atom stereocenters. The zero-order valence-corrected chi connectivity index (χ0v) is 16.5. The van der Waals surface area contributed by atoms with Crippen molar-refractivity contribution in [1.82, 2.24) is 15.3 Å². The molecule has 2 heterocycles. The lowest BCUT2D eigenvalue weighted by atomic mass is 10.1. The Morgan fingerprint density at radius 2 is 1.83 bits per heavy atom. The maximum absolute atomic E-state index is 12.5. The van der Waals surface area contributed by atoms with Crippen molar-refractivity contribution in [1.29, 1.82) is 0 Å². The maximum Gasteiger partial charge on any atom is 0.323 e. The topological polar surface area (TPSA) is 136 Å². The molecule has 1 aliphatic heterocycles. The molecule has 10 nitrogen and oxygen atoms in total. The minimum atomic E-state index is -0.556. The van der Waals surface area contributed by atoms with Gasteiger partial charge < -0.3 is 20.2 Å². The standard InChI is InChI=1S/C19H18N6O4S/c26-17(11-3-6-15(16(9-11)25(28)29)24-7-1-2-8-24)23-19(30)20-12-4-5-13-14(10-12)22-18(27)21-13/h3-6,9-10H,1-2,7-8H2,(H2,21,22,27)(H2,20,23,26,30). The van der Waals surface area contributed by atoms with Gasteiger partial charge in [-0.15, -0.1) is 0 Å². The summed E-state index contributed by atoms with van der Waals surface area (Å²) in [4.78, 5) is 42.1. The van der Waals surface area contributed by atoms with Crippen LogP contribution in [0.25, 0.3) is 11.0 Å². The van der Waals surface area contributed by atoms with Gasteiger partial charge >= 0.3 is 5.69 Å². The number of hydrogen-bond donors (Lipinski definition) is 4. The number of nitro groups is 1. The van der Waals surface area contributed by atoms with Crippen LogP contribution in [0.5, 0.6) is 0 Å². The average molecular weight is 426 g/mol. The van der Waals surface area contributed by atoms with Gasteiger partial charge in [0.1, 0.15) is 5.69 Å². The molecular weight excluding hydrogens is 408 g/mol. The fourth-order valence-electron chi connectivity index (χ4n) is 3.48. The van der Waals surface area contributed by atoms with Crippen molar-refractivity contribution in [2.45, 2.75) is 12.8 Å². The summed E-state index contributed by atoms with van der Waals surface area (Å²) in [7, 11) is 0. The second-order valence-electron chi connectivity index (χ2n) is 6.90.